The van der Waals surface area contributed by atoms with Crippen molar-refractivity contribution in [3.05, 3.63) is 17.3 Å². The van der Waals surface area contributed by atoms with Crippen LogP contribution in [-0.4, -0.2) is 34.8 Å². The van der Waals surface area contributed by atoms with E-state index in [0.29, 0.717) is 11.5 Å². The number of ether oxygens (including phenoxy) is 2. The van der Waals surface area contributed by atoms with Gasteiger partial charge in [0.2, 0.25) is 0 Å². The van der Waals surface area contributed by atoms with Crippen LogP contribution >= 0.6 is 11.3 Å². The molecule has 6 heteroatoms. The molecule has 0 radical (unpaired) electrons. The van der Waals surface area contributed by atoms with Gasteiger partial charge in [0.1, 0.15) is 9.71 Å². The van der Waals surface area contributed by atoms with Gasteiger partial charge in [0.15, 0.2) is 0 Å². The number of aromatic nitrogens is 2. The molecule has 0 N–H and O–H groups in total. The Bertz CT molecular complexity index is 571. The van der Waals surface area contributed by atoms with Crippen molar-refractivity contribution in [2.75, 3.05) is 13.2 Å². The summed E-state index contributed by atoms with van der Waals surface area (Å²) >= 11 is 1.37. The number of carbonyl (C=O) groups excluding carboxylic acids is 1. The number of hydrogen-bond donors (Lipinski definition) is 0. The molecule has 0 aliphatic carbocycles. The normalized spacial score (nSPS) is 18.8. The molecular formula is C12H14N2O3S. The largest absolute Gasteiger partial charge is 0.462 e. The molecule has 1 atom stereocenters. The van der Waals surface area contributed by atoms with Crippen molar-refractivity contribution in [3.63, 3.8) is 0 Å². The third-order valence-electron chi connectivity index (χ3n) is 2.99. The van der Waals surface area contributed by atoms with Crippen molar-refractivity contribution < 1.29 is 14.3 Å². The molecule has 1 saturated heterocycles. The molecule has 0 saturated carbocycles. The molecule has 3 rings (SSSR count). The average Bonchev–Trinajstić information content (AvgIpc) is 2.84. The van der Waals surface area contributed by atoms with E-state index in [4.69, 9.17) is 9.47 Å². The Morgan fingerprint density at radius 3 is 3.22 bits per heavy atom. The summed E-state index contributed by atoms with van der Waals surface area (Å²) in [6.07, 6.45) is 3.18. The number of nitrogens with zero attached hydrogens (tertiary/aromatic N) is 2. The molecule has 96 valence electrons. The minimum atomic E-state index is -0.271. The van der Waals surface area contributed by atoms with Gasteiger partial charge in [-0.15, -0.1) is 11.3 Å². The molecule has 18 heavy (non-hydrogen) atoms. The number of imidazole rings is 1. The van der Waals surface area contributed by atoms with Crippen molar-refractivity contribution in [1.29, 1.82) is 0 Å². The summed E-state index contributed by atoms with van der Waals surface area (Å²) in [6, 6.07) is 1.85. The molecule has 0 bridgehead atoms. The second-order valence-corrected chi connectivity index (χ2v) is 5.23. The Labute approximate surface area is 108 Å². The van der Waals surface area contributed by atoms with Gasteiger partial charge >= 0.3 is 5.97 Å². The number of thiophene rings is 1. The lowest BCUT2D eigenvalue weighted by molar-refractivity contribution is -0.0586. The summed E-state index contributed by atoms with van der Waals surface area (Å²) in [4.78, 5) is 17.4. The number of fused-ring (bicyclic) bond motifs is 1. The lowest BCUT2D eigenvalue weighted by atomic mass is 10.2. The third-order valence-corrected chi connectivity index (χ3v) is 4.00. The van der Waals surface area contributed by atoms with Crippen LogP contribution in [-0.2, 0) is 16.0 Å². The Morgan fingerprint density at radius 1 is 1.72 bits per heavy atom. The third kappa shape index (κ3) is 2.02. The molecule has 3 heterocycles. The Hall–Kier alpha value is -1.40. The molecule has 0 spiro atoms. The van der Waals surface area contributed by atoms with Gasteiger partial charge in [-0.1, -0.05) is 0 Å². The zero-order chi connectivity index (χ0) is 12.5. The summed E-state index contributed by atoms with van der Waals surface area (Å²) in [6.45, 7) is 3.84. The maximum Gasteiger partial charge on any atom is 0.348 e. The summed E-state index contributed by atoms with van der Waals surface area (Å²) in [5, 5.41) is 0. The number of carbonyl (C=O) groups is 1. The second kappa shape index (κ2) is 4.70. The van der Waals surface area contributed by atoms with Gasteiger partial charge in [0, 0.05) is 6.61 Å². The van der Waals surface area contributed by atoms with Gasteiger partial charge in [-0.3, -0.25) is 0 Å². The van der Waals surface area contributed by atoms with E-state index in [1.165, 1.54) is 11.3 Å². The number of hydrogen-bond acceptors (Lipinski definition) is 5. The number of esters is 1. The van der Waals surface area contributed by atoms with Gasteiger partial charge in [0.25, 0.3) is 0 Å². The van der Waals surface area contributed by atoms with Crippen LogP contribution in [0.25, 0.3) is 10.3 Å². The van der Waals surface area contributed by atoms with Crippen LogP contribution in [0.4, 0.5) is 0 Å². The minimum Gasteiger partial charge on any atom is -0.462 e. The first-order valence-electron chi connectivity index (χ1n) is 6.01. The summed E-state index contributed by atoms with van der Waals surface area (Å²) < 4.78 is 12.4. The van der Waals surface area contributed by atoms with Crippen molar-refractivity contribution in [2.45, 2.75) is 26.0 Å². The lowest BCUT2D eigenvalue weighted by Gasteiger charge is -2.26. The monoisotopic (exact) mass is 266 g/mol. The van der Waals surface area contributed by atoms with Crippen molar-refractivity contribution in [3.8, 4) is 0 Å². The van der Waals surface area contributed by atoms with Crippen LogP contribution < -0.4 is 0 Å². The van der Waals surface area contributed by atoms with Gasteiger partial charge in [-0.2, -0.15) is 0 Å². The predicted octanol–water partition coefficient (Wildman–Crippen LogP) is 2.06. The summed E-state index contributed by atoms with van der Waals surface area (Å²) in [5.41, 5.74) is 0.985. The van der Waals surface area contributed by atoms with E-state index in [9.17, 15) is 4.79 Å². The summed E-state index contributed by atoms with van der Waals surface area (Å²) in [5.74, 6) is -0.271. The first kappa shape index (κ1) is 11.7. The maximum absolute atomic E-state index is 11.6. The maximum atomic E-state index is 11.6. The van der Waals surface area contributed by atoms with Crippen molar-refractivity contribution in [1.82, 2.24) is 9.55 Å². The van der Waals surface area contributed by atoms with E-state index < -0.39 is 0 Å². The zero-order valence-electron chi connectivity index (χ0n) is 10.1. The molecule has 5 nitrogen and oxygen atoms in total. The first-order valence-corrected chi connectivity index (χ1v) is 6.83. The Morgan fingerprint density at radius 2 is 2.56 bits per heavy atom. The SMILES string of the molecule is CCOC(=O)c1cc2c(ncn2C[C@@H]2CCO2)s1. The van der Waals surface area contributed by atoms with E-state index in [-0.39, 0.29) is 12.1 Å². The lowest BCUT2D eigenvalue weighted by Crippen LogP contribution is -2.30. The first-order chi connectivity index (χ1) is 8.78. The van der Waals surface area contributed by atoms with Gasteiger partial charge in [-0.25, -0.2) is 9.78 Å². The van der Waals surface area contributed by atoms with Crippen LogP contribution in [0.5, 0.6) is 0 Å². The molecule has 0 aromatic carbocycles. The van der Waals surface area contributed by atoms with E-state index in [0.717, 1.165) is 29.9 Å². The molecule has 2 aromatic rings. The molecule has 0 amide bonds. The second-order valence-electron chi connectivity index (χ2n) is 4.20. The van der Waals surface area contributed by atoms with E-state index >= 15 is 0 Å². The Balaban J connectivity index is 1.85. The fraction of sp³-hybridized carbons (Fsp3) is 0.500. The minimum absolute atomic E-state index is 0.271. The van der Waals surface area contributed by atoms with Crippen LogP contribution in [0.15, 0.2) is 12.4 Å². The number of rotatable bonds is 4. The highest BCUT2D eigenvalue weighted by Crippen LogP contribution is 2.26. The van der Waals surface area contributed by atoms with Gasteiger partial charge in [-0.05, 0) is 19.4 Å². The Kier molecular flexibility index (Phi) is 3.05. The zero-order valence-corrected chi connectivity index (χ0v) is 10.9. The highest BCUT2D eigenvalue weighted by atomic mass is 32.1. The molecule has 2 aromatic heterocycles. The fourth-order valence-corrected chi connectivity index (χ4v) is 2.85. The molecule has 1 aliphatic rings. The van der Waals surface area contributed by atoms with Gasteiger partial charge in [0.05, 0.1) is 31.1 Å². The van der Waals surface area contributed by atoms with Gasteiger partial charge < -0.3 is 14.0 Å². The van der Waals surface area contributed by atoms with Crippen LogP contribution in [0, 0.1) is 0 Å². The topological polar surface area (TPSA) is 53.3 Å². The van der Waals surface area contributed by atoms with Crippen LogP contribution in [0.3, 0.4) is 0 Å². The molecule has 1 aliphatic heterocycles. The van der Waals surface area contributed by atoms with E-state index in [2.05, 4.69) is 4.98 Å². The predicted molar refractivity (Wildman–Crippen MR) is 67.9 cm³/mol. The average molecular weight is 266 g/mol. The summed E-state index contributed by atoms with van der Waals surface area (Å²) in [7, 11) is 0. The highest BCUT2D eigenvalue weighted by Gasteiger charge is 2.21. The van der Waals surface area contributed by atoms with Crippen molar-refractivity contribution >= 4 is 27.7 Å². The molecule has 1 fully saturated rings. The van der Waals surface area contributed by atoms with Crippen LogP contribution in [0.1, 0.15) is 23.0 Å². The quantitative estimate of drug-likeness (QED) is 0.795. The highest BCUT2D eigenvalue weighted by molar-refractivity contribution is 7.20. The molecular weight excluding hydrogens is 252 g/mol. The smallest absolute Gasteiger partial charge is 0.348 e. The molecule has 0 unspecified atom stereocenters. The standard InChI is InChI=1S/C12H14N2O3S/c1-2-16-12(15)10-5-9-11(18-10)13-7-14(9)6-8-3-4-17-8/h5,7-8H,2-4,6H2,1H3/t8-/m0/s1. The van der Waals surface area contributed by atoms with E-state index in [1.54, 1.807) is 13.3 Å². The van der Waals surface area contributed by atoms with E-state index in [1.807, 2.05) is 10.6 Å². The van der Waals surface area contributed by atoms with Crippen molar-refractivity contribution in [2.24, 2.45) is 0 Å². The van der Waals surface area contributed by atoms with Crippen LogP contribution in [0.2, 0.25) is 0 Å². The fourth-order valence-electron chi connectivity index (χ4n) is 1.95.